The summed E-state index contributed by atoms with van der Waals surface area (Å²) in [6.45, 7) is 0. The van der Waals surface area contributed by atoms with Gasteiger partial charge in [0.15, 0.2) is 0 Å². The number of nitriles is 1. The van der Waals surface area contributed by atoms with E-state index in [4.69, 9.17) is 4.74 Å². The van der Waals surface area contributed by atoms with Crippen LogP contribution < -0.4 is 10.1 Å². The molecular weight excluding hydrogens is 317 g/mol. The number of aromatic nitrogens is 1. The lowest BCUT2D eigenvalue weighted by Gasteiger charge is -2.13. The Morgan fingerprint density at radius 1 is 1.22 bits per heavy atom. The highest BCUT2D eigenvalue weighted by Crippen LogP contribution is 2.33. The van der Waals surface area contributed by atoms with Crippen molar-refractivity contribution >= 4 is 34.7 Å². The van der Waals surface area contributed by atoms with Crippen molar-refractivity contribution in [2.75, 3.05) is 12.4 Å². The van der Waals surface area contributed by atoms with Crippen LogP contribution in [0.25, 0.3) is 10.9 Å². The largest absolute Gasteiger partial charge is 0.494 e. The first kappa shape index (κ1) is 16.5. The number of pyridine rings is 1. The Morgan fingerprint density at radius 3 is 2.70 bits per heavy atom. The Morgan fingerprint density at radius 2 is 2.00 bits per heavy atom. The van der Waals surface area contributed by atoms with E-state index in [1.54, 1.807) is 25.3 Å². The molecule has 1 aromatic heterocycles. The number of methoxy groups -OCH3 is 1. The number of benzene rings is 2. The maximum absolute atomic E-state index is 13.3. The number of nitrogens with zero attached hydrogens (tertiary/aromatic N) is 2. The summed E-state index contributed by atoms with van der Waals surface area (Å²) >= 11 is 0. The highest BCUT2D eigenvalue weighted by atomic mass is 35.5. The second-order valence-electron chi connectivity index (χ2n) is 4.65. The molecule has 0 bridgehead atoms. The molecule has 1 N–H and O–H groups in total. The number of ether oxygens (including phenoxy) is 1. The molecule has 0 atom stereocenters. The standard InChI is InChI=1S/C17H12FN3O.ClH/c1-22-15-7-3-6-14-16(11(9-19)10-20-17(14)15)21-13-5-2-4-12(18)8-13;/h2-8,10H,1H3,(H,20,21);1H. The van der Waals surface area contributed by atoms with E-state index >= 15 is 0 Å². The fourth-order valence-electron chi connectivity index (χ4n) is 2.29. The summed E-state index contributed by atoms with van der Waals surface area (Å²) in [5, 5.41) is 13.1. The number of nitrogens with one attached hydrogen (secondary N) is 1. The normalized spacial score (nSPS) is 9.78. The molecule has 0 unspecified atom stereocenters. The van der Waals surface area contributed by atoms with Crippen molar-refractivity contribution in [1.29, 1.82) is 5.26 Å². The molecule has 3 aromatic rings. The van der Waals surface area contributed by atoms with Crippen molar-refractivity contribution in [3.8, 4) is 11.8 Å². The maximum Gasteiger partial charge on any atom is 0.145 e. The third kappa shape index (κ3) is 3.17. The fraction of sp³-hybridized carbons (Fsp3) is 0.0588. The van der Waals surface area contributed by atoms with Crippen LogP contribution in [0.2, 0.25) is 0 Å². The van der Waals surface area contributed by atoms with Gasteiger partial charge in [-0.1, -0.05) is 18.2 Å². The number of para-hydroxylation sites is 1. The molecule has 1 heterocycles. The molecule has 4 nitrogen and oxygen atoms in total. The van der Waals surface area contributed by atoms with Crippen LogP contribution in [0.4, 0.5) is 15.8 Å². The molecule has 116 valence electrons. The summed E-state index contributed by atoms with van der Waals surface area (Å²) in [4.78, 5) is 4.28. The molecule has 0 saturated carbocycles. The van der Waals surface area contributed by atoms with Crippen molar-refractivity contribution in [2.45, 2.75) is 0 Å². The third-order valence-electron chi connectivity index (χ3n) is 3.29. The van der Waals surface area contributed by atoms with Crippen LogP contribution in [0.15, 0.2) is 48.7 Å². The highest BCUT2D eigenvalue weighted by Gasteiger charge is 2.12. The number of halogens is 2. The van der Waals surface area contributed by atoms with Crippen LogP contribution in [-0.4, -0.2) is 12.1 Å². The van der Waals surface area contributed by atoms with Gasteiger partial charge in [-0.05, 0) is 24.3 Å². The second kappa shape index (κ2) is 6.95. The predicted octanol–water partition coefficient (Wildman–Crippen LogP) is 4.42. The average molecular weight is 330 g/mol. The van der Waals surface area contributed by atoms with E-state index in [1.165, 1.54) is 18.3 Å². The van der Waals surface area contributed by atoms with Gasteiger partial charge in [0.05, 0.1) is 18.4 Å². The van der Waals surface area contributed by atoms with Gasteiger partial charge in [-0.2, -0.15) is 5.26 Å². The molecule has 3 rings (SSSR count). The summed E-state index contributed by atoms with van der Waals surface area (Å²) in [7, 11) is 1.56. The Bertz CT molecular complexity index is 893. The summed E-state index contributed by atoms with van der Waals surface area (Å²) in [6.07, 6.45) is 1.48. The first-order valence-electron chi connectivity index (χ1n) is 6.61. The van der Waals surface area contributed by atoms with Gasteiger partial charge in [0.25, 0.3) is 0 Å². The lowest BCUT2D eigenvalue weighted by Crippen LogP contribution is -1.98. The van der Waals surface area contributed by atoms with Gasteiger partial charge in [-0.15, -0.1) is 12.4 Å². The van der Waals surface area contributed by atoms with Gasteiger partial charge in [-0.3, -0.25) is 4.98 Å². The zero-order chi connectivity index (χ0) is 15.5. The van der Waals surface area contributed by atoms with Gasteiger partial charge in [0, 0.05) is 17.3 Å². The van der Waals surface area contributed by atoms with Gasteiger partial charge < -0.3 is 10.1 Å². The Hall–Kier alpha value is -2.84. The smallest absolute Gasteiger partial charge is 0.145 e. The molecule has 0 aliphatic carbocycles. The van der Waals surface area contributed by atoms with E-state index in [-0.39, 0.29) is 18.2 Å². The van der Waals surface area contributed by atoms with Crippen LogP contribution in [0, 0.1) is 17.1 Å². The van der Waals surface area contributed by atoms with Crippen LogP contribution in [0.3, 0.4) is 0 Å². The van der Waals surface area contributed by atoms with Gasteiger partial charge in [0.1, 0.15) is 23.2 Å². The number of hydrogen-bond acceptors (Lipinski definition) is 4. The molecule has 0 radical (unpaired) electrons. The van der Waals surface area contributed by atoms with Gasteiger partial charge >= 0.3 is 0 Å². The number of fused-ring (bicyclic) bond motifs is 1. The number of rotatable bonds is 3. The predicted molar refractivity (Wildman–Crippen MR) is 89.9 cm³/mol. The second-order valence-corrected chi connectivity index (χ2v) is 4.65. The molecule has 0 aliphatic rings. The molecule has 0 amide bonds. The fourth-order valence-corrected chi connectivity index (χ4v) is 2.29. The van der Waals surface area contributed by atoms with E-state index in [9.17, 15) is 9.65 Å². The van der Waals surface area contributed by atoms with Crippen LogP contribution in [0.1, 0.15) is 5.56 Å². The Labute approximate surface area is 138 Å². The molecule has 0 fully saturated rings. The Kier molecular flexibility index (Phi) is 4.99. The first-order valence-corrected chi connectivity index (χ1v) is 6.61. The molecule has 0 aliphatic heterocycles. The molecule has 23 heavy (non-hydrogen) atoms. The van der Waals surface area contributed by atoms with Crippen molar-refractivity contribution in [1.82, 2.24) is 4.98 Å². The van der Waals surface area contributed by atoms with Crippen molar-refractivity contribution in [3.63, 3.8) is 0 Å². The molecule has 2 aromatic carbocycles. The topological polar surface area (TPSA) is 57.9 Å². The number of anilines is 2. The molecular formula is C17H13ClFN3O. The average Bonchev–Trinajstić information content (AvgIpc) is 2.54. The lowest BCUT2D eigenvalue weighted by molar-refractivity contribution is 0.419. The van der Waals surface area contributed by atoms with Crippen LogP contribution in [-0.2, 0) is 0 Å². The zero-order valence-electron chi connectivity index (χ0n) is 12.2. The minimum Gasteiger partial charge on any atom is -0.494 e. The lowest BCUT2D eigenvalue weighted by atomic mass is 10.1. The Balaban J connectivity index is 0.00000192. The zero-order valence-corrected chi connectivity index (χ0v) is 13.0. The SMILES string of the molecule is COc1cccc2c(Nc3cccc(F)c3)c(C#N)cnc12.Cl. The summed E-state index contributed by atoms with van der Waals surface area (Å²) < 4.78 is 18.6. The first-order chi connectivity index (χ1) is 10.7. The summed E-state index contributed by atoms with van der Waals surface area (Å²) in [5.74, 6) is 0.267. The van der Waals surface area contributed by atoms with E-state index in [2.05, 4.69) is 16.4 Å². The van der Waals surface area contributed by atoms with Gasteiger partial charge in [0.2, 0.25) is 0 Å². The number of hydrogen-bond donors (Lipinski definition) is 1. The van der Waals surface area contributed by atoms with Crippen LogP contribution in [0.5, 0.6) is 5.75 Å². The molecule has 6 heteroatoms. The van der Waals surface area contributed by atoms with E-state index in [1.807, 2.05) is 12.1 Å². The minimum absolute atomic E-state index is 0. The third-order valence-corrected chi connectivity index (χ3v) is 3.29. The quantitative estimate of drug-likeness (QED) is 0.772. The van der Waals surface area contributed by atoms with E-state index in [0.717, 1.165) is 5.39 Å². The monoisotopic (exact) mass is 329 g/mol. The molecule has 0 spiro atoms. The van der Waals surface area contributed by atoms with E-state index in [0.29, 0.717) is 28.2 Å². The van der Waals surface area contributed by atoms with Crippen molar-refractivity contribution in [2.24, 2.45) is 0 Å². The molecule has 0 saturated heterocycles. The van der Waals surface area contributed by atoms with Gasteiger partial charge in [-0.25, -0.2) is 4.39 Å². The van der Waals surface area contributed by atoms with Crippen molar-refractivity contribution in [3.05, 3.63) is 60.0 Å². The highest BCUT2D eigenvalue weighted by molar-refractivity contribution is 5.98. The van der Waals surface area contributed by atoms with Crippen molar-refractivity contribution < 1.29 is 9.13 Å². The summed E-state index contributed by atoms with van der Waals surface area (Å²) in [5.41, 5.74) is 2.16. The van der Waals surface area contributed by atoms with E-state index < -0.39 is 0 Å². The maximum atomic E-state index is 13.3. The minimum atomic E-state index is -0.348. The summed E-state index contributed by atoms with van der Waals surface area (Å²) in [6, 6.07) is 13.6. The van der Waals surface area contributed by atoms with Crippen LogP contribution >= 0.6 is 12.4 Å².